The minimum Gasteiger partial charge on any atom is -0.545 e. The first-order valence-corrected chi connectivity index (χ1v) is 6.08. The van der Waals surface area contributed by atoms with Crippen molar-refractivity contribution >= 4 is 17.8 Å². The number of hydrogen-bond acceptors (Lipinski definition) is 5. The van der Waals surface area contributed by atoms with Crippen LogP contribution in [0.25, 0.3) is 0 Å². The number of furan rings is 1. The summed E-state index contributed by atoms with van der Waals surface area (Å²) in [6.45, 7) is 1.46. The molecule has 20 heavy (non-hydrogen) atoms. The fraction of sp³-hybridized carbons (Fsp3) is 0.308. The summed E-state index contributed by atoms with van der Waals surface area (Å²) < 4.78 is 5.03. The zero-order valence-electron chi connectivity index (χ0n) is 10.7. The first kappa shape index (κ1) is 13.9. The van der Waals surface area contributed by atoms with Crippen molar-refractivity contribution in [1.82, 2.24) is 9.80 Å². The lowest BCUT2D eigenvalue weighted by molar-refractivity contribution is -0.297. The maximum atomic E-state index is 12.0. The van der Waals surface area contributed by atoms with Gasteiger partial charge in [-0.3, -0.25) is 9.59 Å². The Morgan fingerprint density at radius 1 is 1.10 bits per heavy atom. The van der Waals surface area contributed by atoms with Gasteiger partial charge in [0.1, 0.15) is 0 Å². The Kier molecular flexibility index (Phi) is 4.19. The second kappa shape index (κ2) is 6.05. The maximum Gasteiger partial charge on any atom is 0.289 e. The largest absolute Gasteiger partial charge is 0.545 e. The van der Waals surface area contributed by atoms with Gasteiger partial charge in [0, 0.05) is 32.3 Å². The van der Waals surface area contributed by atoms with Gasteiger partial charge in [-0.1, -0.05) is 0 Å². The lowest BCUT2D eigenvalue weighted by Crippen LogP contribution is -2.50. The van der Waals surface area contributed by atoms with Crippen LogP contribution in [0.4, 0.5) is 0 Å². The molecular weight excluding hydrogens is 264 g/mol. The SMILES string of the molecule is O=C([O-])/C=C/C(=O)N1CCN(C(=O)c2ccco2)CC1. The van der Waals surface area contributed by atoms with Gasteiger partial charge in [0.25, 0.3) is 5.91 Å². The van der Waals surface area contributed by atoms with E-state index in [4.69, 9.17) is 4.42 Å². The summed E-state index contributed by atoms with van der Waals surface area (Å²) in [5.74, 6) is -1.77. The van der Waals surface area contributed by atoms with Crippen LogP contribution in [-0.2, 0) is 9.59 Å². The van der Waals surface area contributed by atoms with Crippen LogP contribution in [0.2, 0.25) is 0 Å². The predicted molar refractivity (Wildman–Crippen MR) is 65.3 cm³/mol. The molecule has 0 spiro atoms. The molecule has 2 heterocycles. The first-order chi connectivity index (χ1) is 9.58. The molecule has 0 unspecified atom stereocenters. The van der Waals surface area contributed by atoms with Crippen LogP contribution in [0.1, 0.15) is 10.6 Å². The number of carboxylic acid groups (broad SMARTS) is 1. The van der Waals surface area contributed by atoms with E-state index in [0.29, 0.717) is 32.3 Å². The highest BCUT2D eigenvalue weighted by Gasteiger charge is 2.24. The van der Waals surface area contributed by atoms with Crippen LogP contribution < -0.4 is 5.11 Å². The van der Waals surface area contributed by atoms with Gasteiger partial charge < -0.3 is 24.1 Å². The molecule has 1 fully saturated rings. The van der Waals surface area contributed by atoms with Gasteiger partial charge in [0.05, 0.1) is 12.2 Å². The number of hydrogen-bond donors (Lipinski definition) is 0. The molecule has 1 aliphatic rings. The highest BCUT2D eigenvalue weighted by Crippen LogP contribution is 2.09. The Morgan fingerprint density at radius 3 is 2.30 bits per heavy atom. The van der Waals surface area contributed by atoms with Crippen molar-refractivity contribution in [2.24, 2.45) is 0 Å². The fourth-order valence-corrected chi connectivity index (χ4v) is 1.93. The lowest BCUT2D eigenvalue weighted by atomic mass is 10.2. The van der Waals surface area contributed by atoms with Gasteiger partial charge in [-0.05, 0) is 18.2 Å². The third-order valence-electron chi connectivity index (χ3n) is 2.97. The minimum atomic E-state index is -1.41. The number of amides is 2. The van der Waals surface area contributed by atoms with E-state index in [2.05, 4.69) is 0 Å². The Morgan fingerprint density at radius 2 is 1.75 bits per heavy atom. The average molecular weight is 277 g/mol. The van der Waals surface area contributed by atoms with Gasteiger partial charge in [0.15, 0.2) is 5.76 Å². The summed E-state index contributed by atoms with van der Waals surface area (Å²) in [7, 11) is 0. The third-order valence-corrected chi connectivity index (χ3v) is 2.97. The molecule has 0 aliphatic carbocycles. The number of aliphatic carboxylic acids is 1. The minimum absolute atomic E-state index is 0.215. The van der Waals surface area contributed by atoms with Crippen LogP contribution in [0, 0.1) is 0 Å². The van der Waals surface area contributed by atoms with Crippen molar-refractivity contribution in [3.63, 3.8) is 0 Å². The standard InChI is InChI=1S/C13H14N2O5/c16-11(3-4-12(17)18)14-5-7-15(8-6-14)13(19)10-2-1-9-20-10/h1-4,9H,5-8H2,(H,17,18)/p-1/b4-3+. The predicted octanol–water partition coefficient (Wildman–Crippen LogP) is -1.13. The summed E-state index contributed by atoms with van der Waals surface area (Å²) in [4.78, 5) is 36.9. The monoisotopic (exact) mass is 277 g/mol. The molecule has 1 aromatic rings. The molecule has 7 heteroatoms. The van der Waals surface area contributed by atoms with Gasteiger partial charge >= 0.3 is 0 Å². The Balaban J connectivity index is 1.88. The second-order valence-electron chi connectivity index (χ2n) is 4.25. The highest BCUT2D eigenvalue weighted by atomic mass is 16.4. The van der Waals surface area contributed by atoms with Gasteiger partial charge in [0.2, 0.25) is 5.91 Å². The summed E-state index contributed by atoms with van der Waals surface area (Å²) in [6.07, 6.45) is 3.08. The molecule has 0 atom stereocenters. The van der Waals surface area contributed by atoms with Crippen LogP contribution >= 0.6 is 0 Å². The molecule has 1 aromatic heterocycles. The Labute approximate surface area is 115 Å². The van der Waals surface area contributed by atoms with Crippen LogP contribution in [-0.4, -0.2) is 53.8 Å². The normalized spacial score (nSPS) is 15.6. The Bertz CT molecular complexity index is 527. The summed E-state index contributed by atoms with van der Waals surface area (Å²) in [5.41, 5.74) is 0. The molecule has 106 valence electrons. The van der Waals surface area contributed by atoms with E-state index in [-0.39, 0.29) is 11.7 Å². The molecule has 1 saturated heterocycles. The number of carbonyl (C=O) groups is 3. The molecule has 7 nitrogen and oxygen atoms in total. The number of piperazine rings is 1. The van der Waals surface area contributed by atoms with E-state index in [9.17, 15) is 19.5 Å². The topological polar surface area (TPSA) is 93.9 Å². The number of carbonyl (C=O) groups excluding carboxylic acids is 3. The molecular formula is C13H13N2O5-. The first-order valence-electron chi connectivity index (χ1n) is 6.08. The average Bonchev–Trinajstić information content (AvgIpc) is 2.98. The van der Waals surface area contributed by atoms with Gasteiger partial charge in [-0.15, -0.1) is 0 Å². The Hall–Kier alpha value is -2.57. The van der Waals surface area contributed by atoms with Crippen molar-refractivity contribution < 1.29 is 23.9 Å². The van der Waals surface area contributed by atoms with Gasteiger partial charge in [-0.2, -0.15) is 0 Å². The van der Waals surface area contributed by atoms with E-state index in [1.165, 1.54) is 11.2 Å². The van der Waals surface area contributed by atoms with Crippen molar-refractivity contribution in [2.45, 2.75) is 0 Å². The number of rotatable bonds is 3. The summed E-state index contributed by atoms with van der Waals surface area (Å²) in [6, 6.07) is 3.22. The maximum absolute atomic E-state index is 12.0. The van der Waals surface area contributed by atoms with Crippen molar-refractivity contribution in [1.29, 1.82) is 0 Å². The molecule has 0 saturated carbocycles. The van der Waals surface area contributed by atoms with E-state index in [1.54, 1.807) is 17.0 Å². The molecule has 0 bridgehead atoms. The quantitative estimate of drug-likeness (QED) is 0.652. The third kappa shape index (κ3) is 3.25. The zero-order valence-corrected chi connectivity index (χ0v) is 10.7. The fourth-order valence-electron chi connectivity index (χ4n) is 1.93. The smallest absolute Gasteiger partial charge is 0.289 e. The van der Waals surface area contributed by atoms with E-state index >= 15 is 0 Å². The zero-order chi connectivity index (χ0) is 14.5. The van der Waals surface area contributed by atoms with E-state index in [0.717, 1.165) is 6.08 Å². The molecule has 0 radical (unpaired) electrons. The summed E-state index contributed by atoms with van der Waals surface area (Å²) >= 11 is 0. The summed E-state index contributed by atoms with van der Waals surface area (Å²) in [5, 5.41) is 10.2. The van der Waals surface area contributed by atoms with Crippen LogP contribution in [0.5, 0.6) is 0 Å². The molecule has 2 rings (SSSR count). The van der Waals surface area contributed by atoms with Crippen molar-refractivity contribution in [3.05, 3.63) is 36.3 Å². The van der Waals surface area contributed by atoms with Crippen LogP contribution in [0.3, 0.4) is 0 Å². The van der Waals surface area contributed by atoms with Crippen LogP contribution in [0.15, 0.2) is 35.0 Å². The number of carboxylic acids is 1. The van der Waals surface area contributed by atoms with E-state index in [1.807, 2.05) is 0 Å². The van der Waals surface area contributed by atoms with Crippen molar-refractivity contribution in [3.8, 4) is 0 Å². The lowest BCUT2D eigenvalue weighted by Gasteiger charge is -2.33. The van der Waals surface area contributed by atoms with Crippen molar-refractivity contribution in [2.75, 3.05) is 26.2 Å². The second-order valence-corrected chi connectivity index (χ2v) is 4.25. The molecule has 1 aliphatic heterocycles. The number of nitrogens with zero attached hydrogens (tertiary/aromatic N) is 2. The molecule has 0 N–H and O–H groups in total. The van der Waals surface area contributed by atoms with E-state index < -0.39 is 11.9 Å². The highest BCUT2D eigenvalue weighted by molar-refractivity contribution is 5.94. The molecule has 2 amide bonds. The molecule has 0 aromatic carbocycles. The van der Waals surface area contributed by atoms with Gasteiger partial charge in [-0.25, -0.2) is 0 Å².